The van der Waals surface area contributed by atoms with Crippen molar-refractivity contribution in [2.24, 2.45) is 5.10 Å². The van der Waals surface area contributed by atoms with Crippen molar-refractivity contribution in [3.8, 4) is 0 Å². The minimum Gasteiger partial charge on any atom is -0.347 e. The fraction of sp³-hybridized carbons (Fsp3) is 0.385. The average molecular weight is 339 g/mol. The lowest BCUT2D eigenvalue weighted by atomic mass is 10.1. The molecule has 0 spiro atoms. The highest BCUT2D eigenvalue weighted by Gasteiger charge is 2.44. The van der Waals surface area contributed by atoms with E-state index in [9.17, 15) is 31.1 Å². The van der Waals surface area contributed by atoms with E-state index in [2.05, 4.69) is 10.4 Å². The molecule has 23 heavy (non-hydrogen) atoms. The Balaban J connectivity index is 1.88. The molecule has 0 fully saturated rings. The maximum atomic E-state index is 12.4. The van der Waals surface area contributed by atoms with Crippen molar-refractivity contribution in [3.63, 3.8) is 0 Å². The molecule has 1 aliphatic heterocycles. The molecule has 2 N–H and O–H groups in total. The number of nitrogens with one attached hydrogen (secondary N) is 2. The summed E-state index contributed by atoms with van der Waals surface area (Å²) in [6.07, 6.45) is -9.57. The second-order valence-electron chi connectivity index (χ2n) is 4.86. The highest BCUT2D eigenvalue weighted by Crippen LogP contribution is 2.29. The Morgan fingerprint density at radius 2 is 1.78 bits per heavy atom. The number of halogens is 6. The number of nitrogens with zero attached hydrogens (tertiary/aromatic N) is 1. The summed E-state index contributed by atoms with van der Waals surface area (Å²) in [5.41, 5.74) is 1.07. The Morgan fingerprint density at radius 1 is 1.17 bits per heavy atom. The minimum absolute atomic E-state index is 0.118. The molecule has 2 rings (SSSR count). The topological polar surface area (TPSA) is 53.5 Å². The molecule has 4 nitrogen and oxygen atoms in total. The molecule has 0 aromatic heterocycles. The molecule has 0 bridgehead atoms. The molecule has 1 amide bonds. The lowest BCUT2D eigenvalue weighted by molar-refractivity contribution is -0.152. The Kier molecular flexibility index (Phi) is 4.53. The summed E-state index contributed by atoms with van der Waals surface area (Å²) in [6.45, 7) is -0.118. The van der Waals surface area contributed by atoms with Crippen LogP contribution in [0.3, 0.4) is 0 Å². The van der Waals surface area contributed by atoms with Crippen LogP contribution in [0.2, 0.25) is 0 Å². The van der Waals surface area contributed by atoms with Crippen molar-refractivity contribution in [1.29, 1.82) is 0 Å². The summed E-state index contributed by atoms with van der Waals surface area (Å²) in [5, 5.41) is 5.64. The normalized spacial score (nSPS) is 18.3. The quantitative estimate of drug-likeness (QED) is 0.832. The zero-order valence-corrected chi connectivity index (χ0v) is 11.4. The summed E-state index contributed by atoms with van der Waals surface area (Å²) >= 11 is 0. The molecule has 0 saturated heterocycles. The van der Waals surface area contributed by atoms with E-state index in [1.165, 1.54) is 12.1 Å². The zero-order chi connectivity index (χ0) is 17.3. The molecular weight excluding hydrogens is 328 g/mol. The summed E-state index contributed by atoms with van der Waals surface area (Å²) < 4.78 is 74.4. The van der Waals surface area contributed by atoms with E-state index in [1.807, 2.05) is 5.43 Å². The van der Waals surface area contributed by atoms with Crippen molar-refractivity contribution in [3.05, 3.63) is 35.4 Å². The van der Waals surface area contributed by atoms with E-state index in [0.717, 1.165) is 12.1 Å². The van der Waals surface area contributed by atoms with Crippen molar-refractivity contribution in [1.82, 2.24) is 10.7 Å². The summed E-state index contributed by atoms with van der Waals surface area (Å²) in [5.74, 6) is -0.802. The molecule has 126 valence electrons. The van der Waals surface area contributed by atoms with Gasteiger partial charge >= 0.3 is 12.4 Å². The van der Waals surface area contributed by atoms with Crippen molar-refractivity contribution < 1.29 is 31.1 Å². The molecule has 1 aliphatic rings. The number of rotatable bonds is 3. The third kappa shape index (κ3) is 4.36. The van der Waals surface area contributed by atoms with Gasteiger partial charge in [0.2, 0.25) is 0 Å². The van der Waals surface area contributed by atoms with Gasteiger partial charge in [0.05, 0.1) is 5.56 Å². The second kappa shape index (κ2) is 6.09. The molecule has 1 heterocycles. The van der Waals surface area contributed by atoms with E-state index in [1.54, 1.807) is 0 Å². The van der Waals surface area contributed by atoms with Crippen LogP contribution in [-0.2, 0) is 17.5 Å². The molecular formula is C13H11F6N3O. The predicted octanol–water partition coefficient (Wildman–Crippen LogP) is 2.60. The van der Waals surface area contributed by atoms with Crippen molar-refractivity contribution in [2.75, 3.05) is 0 Å². The second-order valence-corrected chi connectivity index (χ2v) is 4.86. The van der Waals surface area contributed by atoms with E-state index in [-0.39, 0.29) is 12.3 Å². The number of benzene rings is 1. The van der Waals surface area contributed by atoms with Crippen LogP contribution in [0.15, 0.2) is 29.4 Å². The van der Waals surface area contributed by atoms with Gasteiger partial charge in [0.15, 0.2) is 0 Å². The third-order valence-electron chi connectivity index (χ3n) is 3.14. The Hall–Kier alpha value is -2.26. The maximum absolute atomic E-state index is 12.4. The number of carbonyl (C=O) groups is 1. The maximum Gasteiger partial charge on any atom is 0.416 e. The number of alkyl halides is 6. The van der Waals surface area contributed by atoms with Gasteiger partial charge in [-0.05, 0) is 17.7 Å². The van der Waals surface area contributed by atoms with Crippen LogP contribution in [0.25, 0.3) is 0 Å². The zero-order valence-electron chi connectivity index (χ0n) is 11.4. The van der Waals surface area contributed by atoms with Crippen LogP contribution in [0, 0.1) is 0 Å². The molecule has 10 heteroatoms. The number of carbonyl (C=O) groups excluding carboxylic acids is 1. The number of hydrazone groups is 1. The number of amides is 1. The van der Waals surface area contributed by atoms with Crippen LogP contribution in [0.5, 0.6) is 0 Å². The van der Waals surface area contributed by atoms with Gasteiger partial charge in [-0.15, -0.1) is 0 Å². The van der Waals surface area contributed by atoms with Crippen molar-refractivity contribution >= 4 is 11.6 Å². The lowest BCUT2D eigenvalue weighted by Gasteiger charge is -2.13. The Bertz CT molecular complexity index is 606. The fourth-order valence-electron chi connectivity index (χ4n) is 1.87. The molecule has 0 aliphatic carbocycles. The minimum atomic E-state index is -4.51. The lowest BCUT2D eigenvalue weighted by Crippen LogP contribution is -2.37. The van der Waals surface area contributed by atoms with E-state index in [0.29, 0.717) is 5.56 Å². The molecule has 1 unspecified atom stereocenters. The first-order chi connectivity index (χ1) is 10.6. The van der Waals surface area contributed by atoms with Crippen LogP contribution in [0.1, 0.15) is 17.5 Å². The van der Waals surface area contributed by atoms with E-state index in [4.69, 9.17) is 0 Å². The Labute approximate surface area is 126 Å². The van der Waals surface area contributed by atoms with Gasteiger partial charge in [0.25, 0.3) is 5.91 Å². The highest BCUT2D eigenvalue weighted by atomic mass is 19.4. The smallest absolute Gasteiger partial charge is 0.347 e. The number of hydrogen-bond donors (Lipinski definition) is 2. The Morgan fingerprint density at radius 3 is 2.26 bits per heavy atom. The first-order valence-electron chi connectivity index (χ1n) is 6.40. The molecule has 1 aromatic rings. The highest BCUT2D eigenvalue weighted by molar-refractivity contribution is 6.39. The molecule has 1 aromatic carbocycles. The average Bonchev–Trinajstić information content (AvgIpc) is 2.94. The SMILES string of the molecule is O=C(NCc1ccc(C(F)(F)F)cc1)C1=NNC(C(F)(F)F)C1. The summed E-state index contributed by atoms with van der Waals surface area (Å²) in [7, 11) is 0. The van der Waals surface area contributed by atoms with Gasteiger partial charge in [-0.1, -0.05) is 12.1 Å². The molecule has 0 saturated carbocycles. The first-order valence-corrected chi connectivity index (χ1v) is 6.40. The van der Waals surface area contributed by atoms with E-state index < -0.39 is 36.3 Å². The van der Waals surface area contributed by atoms with Crippen LogP contribution >= 0.6 is 0 Å². The van der Waals surface area contributed by atoms with Crippen LogP contribution < -0.4 is 10.7 Å². The predicted molar refractivity (Wildman–Crippen MR) is 68.3 cm³/mol. The van der Waals surface area contributed by atoms with Gasteiger partial charge in [-0.25, -0.2) is 0 Å². The summed E-state index contributed by atoms with van der Waals surface area (Å²) in [4.78, 5) is 11.7. The molecule has 1 atom stereocenters. The third-order valence-corrected chi connectivity index (χ3v) is 3.14. The standard InChI is InChI=1S/C13H11F6N3O/c14-12(15,16)8-3-1-7(2-4-8)6-20-11(23)9-5-10(22-21-9)13(17,18)19/h1-4,10,22H,5-6H2,(H,20,23). The van der Waals surface area contributed by atoms with Gasteiger partial charge in [0, 0.05) is 13.0 Å². The van der Waals surface area contributed by atoms with Gasteiger partial charge in [0.1, 0.15) is 11.8 Å². The molecule has 0 radical (unpaired) electrons. The summed E-state index contributed by atoms with van der Waals surface area (Å²) in [6, 6.07) is 2.16. The largest absolute Gasteiger partial charge is 0.416 e. The fourth-order valence-corrected chi connectivity index (χ4v) is 1.87. The first kappa shape index (κ1) is 17.1. The van der Waals surface area contributed by atoms with Crippen LogP contribution in [-0.4, -0.2) is 23.8 Å². The van der Waals surface area contributed by atoms with Crippen molar-refractivity contribution in [2.45, 2.75) is 31.4 Å². The van der Waals surface area contributed by atoms with Gasteiger partial charge < -0.3 is 5.32 Å². The number of hydrogen-bond acceptors (Lipinski definition) is 3. The van der Waals surface area contributed by atoms with E-state index >= 15 is 0 Å². The van der Waals surface area contributed by atoms with Gasteiger partial charge in [-0.3, -0.25) is 10.2 Å². The van der Waals surface area contributed by atoms with Crippen LogP contribution in [0.4, 0.5) is 26.3 Å². The monoisotopic (exact) mass is 339 g/mol. The van der Waals surface area contributed by atoms with Gasteiger partial charge in [-0.2, -0.15) is 31.4 Å².